The number of carbonyl (C=O) groups is 1. The SMILES string of the molecule is COc1ccc(-c2cc(-c3ccc(OC)cc3)n([C@H]3C(=O)Nc4ccccc43)n2)cc1. The maximum absolute atomic E-state index is 12.9. The van der Waals surface area contributed by atoms with Crippen LogP contribution in [0.3, 0.4) is 0 Å². The Balaban J connectivity index is 1.66. The van der Waals surface area contributed by atoms with Gasteiger partial charge in [-0.1, -0.05) is 18.2 Å². The number of methoxy groups -OCH3 is 2. The van der Waals surface area contributed by atoms with Gasteiger partial charge in [0.1, 0.15) is 11.5 Å². The molecule has 1 atom stereocenters. The third kappa shape index (κ3) is 3.32. The molecule has 154 valence electrons. The van der Waals surface area contributed by atoms with Crippen LogP contribution in [0.1, 0.15) is 11.6 Å². The van der Waals surface area contributed by atoms with Crippen LogP contribution in [0.5, 0.6) is 11.5 Å². The molecular weight excluding hydrogens is 390 g/mol. The Kier molecular flexibility index (Phi) is 4.67. The molecule has 1 N–H and O–H groups in total. The van der Waals surface area contributed by atoms with E-state index in [2.05, 4.69) is 5.32 Å². The van der Waals surface area contributed by atoms with Gasteiger partial charge in [0.05, 0.1) is 25.6 Å². The summed E-state index contributed by atoms with van der Waals surface area (Å²) in [6, 6.07) is 24.7. The number of hydrogen-bond acceptors (Lipinski definition) is 4. The van der Waals surface area contributed by atoms with Crippen molar-refractivity contribution in [3.8, 4) is 34.0 Å². The topological polar surface area (TPSA) is 65.4 Å². The van der Waals surface area contributed by atoms with Gasteiger partial charge in [-0.2, -0.15) is 5.10 Å². The molecule has 1 aliphatic rings. The van der Waals surface area contributed by atoms with Crippen molar-refractivity contribution in [3.63, 3.8) is 0 Å². The van der Waals surface area contributed by atoms with Gasteiger partial charge in [0, 0.05) is 22.4 Å². The summed E-state index contributed by atoms with van der Waals surface area (Å²) in [4.78, 5) is 12.9. The highest BCUT2D eigenvalue weighted by Gasteiger charge is 2.34. The minimum Gasteiger partial charge on any atom is -0.497 e. The standard InChI is InChI=1S/C25H21N3O3/c1-30-18-11-7-16(8-12-18)22-15-23(17-9-13-19(31-2)14-10-17)28(27-22)24-20-5-3-4-6-21(20)26-25(24)29/h3-15,24H,1-2H3,(H,26,29)/t24-/m1/s1. The molecule has 1 amide bonds. The van der Waals surface area contributed by atoms with Crippen molar-refractivity contribution in [2.75, 3.05) is 19.5 Å². The van der Waals surface area contributed by atoms with Crippen LogP contribution in [-0.2, 0) is 4.79 Å². The Morgan fingerprint density at radius 3 is 2.10 bits per heavy atom. The lowest BCUT2D eigenvalue weighted by atomic mass is 10.1. The quantitative estimate of drug-likeness (QED) is 0.514. The van der Waals surface area contributed by atoms with Crippen LogP contribution >= 0.6 is 0 Å². The van der Waals surface area contributed by atoms with E-state index in [1.165, 1.54) is 0 Å². The van der Waals surface area contributed by atoms with Gasteiger partial charge >= 0.3 is 0 Å². The zero-order valence-corrected chi connectivity index (χ0v) is 17.2. The molecule has 5 rings (SSSR count). The van der Waals surface area contributed by atoms with Crippen LogP contribution in [0, 0.1) is 0 Å². The maximum Gasteiger partial charge on any atom is 0.253 e. The van der Waals surface area contributed by atoms with Gasteiger partial charge in [-0.25, -0.2) is 4.68 Å². The number of carbonyl (C=O) groups excluding carboxylic acids is 1. The highest BCUT2D eigenvalue weighted by atomic mass is 16.5. The highest BCUT2D eigenvalue weighted by molar-refractivity contribution is 6.03. The normalized spacial score (nSPS) is 14.8. The van der Waals surface area contributed by atoms with Crippen molar-refractivity contribution in [3.05, 3.63) is 84.4 Å². The second-order valence-electron chi connectivity index (χ2n) is 7.30. The molecule has 3 aromatic carbocycles. The van der Waals surface area contributed by atoms with E-state index in [4.69, 9.17) is 14.6 Å². The number of para-hydroxylation sites is 1. The molecule has 0 saturated carbocycles. The van der Waals surface area contributed by atoms with Crippen LogP contribution in [0.4, 0.5) is 5.69 Å². The Bertz CT molecular complexity index is 1240. The number of hydrogen-bond donors (Lipinski definition) is 1. The zero-order chi connectivity index (χ0) is 21.4. The Labute approximate surface area is 180 Å². The number of aromatic nitrogens is 2. The summed E-state index contributed by atoms with van der Waals surface area (Å²) in [6.07, 6.45) is 0. The van der Waals surface area contributed by atoms with Crippen molar-refractivity contribution >= 4 is 11.6 Å². The first-order chi connectivity index (χ1) is 15.2. The van der Waals surface area contributed by atoms with Gasteiger partial charge < -0.3 is 14.8 Å². The molecule has 0 bridgehead atoms. The summed E-state index contributed by atoms with van der Waals surface area (Å²) in [5, 5.41) is 7.84. The van der Waals surface area contributed by atoms with Crippen LogP contribution in [0.2, 0.25) is 0 Å². The minimum atomic E-state index is -0.541. The van der Waals surface area contributed by atoms with Crippen molar-refractivity contribution in [2.24, 2.45) is 0 Å². The summed E-state index contributed by atoms with van der Waals surface area (Å²) in [5.41, 5.74) is 5.26. The van der Waals surface area contributed by atoms with Gasteiger partial charge in [-0.15, -0.1) is 0 Å². The number of ether oxygens (including phenoxy) is 2. The molecular formula is C25H21N3O3. The lowest BCUT2D eigenvalue weighted by Gasteiger charge is -2.14. The van der Waals surface area contributed by atoms with Crippen molar-refractivity contribution in [1.82, 2.24) is 9.78 Å². The van der Waals surface area contributed by atoms with Crippen molar-refractivity contribution < 1.29 is 14.3 Å². The number of rotatable bonds is 5. The molecule has 0 saturated heterocycles. The van der Waals surface area contributed by atoms with Gasteiger partial charge in [-0.3, -0.25) is 4.79 Å². The van der Waals surface area contributed by atoms with E-state index >= 15 is 0 Å². The second-order valence-corrected chi connectivity index (χ2v) is 7.30. The Morgan fingerprint density at radius 2 is 1.45 bits per heavy atom. The largest absolute Gasteiger partial charge is 0.497 e. The van der Waals surface area contributed by atoms with Crippen molar-refractivity contribution in [2.45, 2.75) is 6.04 Å². The molecule has 6 heteroatoms. The number of benzene rings is 3. The van der Waals surface area contributed by atoms with E-state index < -0.39 is 6.04 Å². The fraction of sp³-hybridized carbons (Fsp3) is 0.120. The van der Waals surface area contributed by atoms with Crippen LogP contribution in [0.15, 0.2) is 78.9 Å². The maximum atomic E-state index is 12.9. The number of anilines is 1. The second kappa shape index (κ2) is 7.65. The van der Waals surface area contributed by atoms with E-state index in [9.17, 15) is 4.79 Å². The number of fused-ring (bicyclic) bond motifs is 1. The summed E-state index contributed by atoms with van der Waals surface area (Å²) >= 11 is 0. The van der Waals surface area contributed by atoms with Crippen LogP contribution in [0.25, 0.3) is 22.5 Å². The van der Waals surface area contributed by atoms with Crippen molar-refractivity contribution in [1.29, 1.82) is 0 Å². The third-order valence-electron chi connectivity index (χ3n) is 5.51. The Hall–Kier alpha value is -4.06. The minimum absolute atomic E-state index is 0.0969. The molecule has 2 heterocycles. The summed E-state index contributed by atoms with van der Waals surface area (Å²) in [5.74, 6) is 1.46. The molecule has 0 fully saturated rings. The van der Waals surface area contributed by atoms with E-state index in [0.717, 1.165) is 45.3 Å². The van der Waals surface area contributed by atoms with Crippen LogP contribution in [-0.4, -0.2) is 29.9 Å². The van der Waals surface area contributed by atoms with Gasteiger partial charge in [0.25, 0.3) is 5.91 Å². The summed E-state index contributed by atoms with van der Waals surface area (Å²) in [7, 11) is 3.28. The molecule has 1 aliphatic heterocycles. The van der Waals surface area contributed by atoms with E-state index in [0.29, 0.717) is 0 Å². The summed E-state index contributed by atoms with van der Waals surface area (Å²) in [6.45, 7) is 0. The van der Waals surface area contributed by atoms with E-state index in [-0.39, 0.29) is 5.91 Å². The molecule has 0 radical (unpaired) electrons. The number of nitrogens with zero attached hydrogens (tertiary/aromatic N) is 2. The average molecular weight is 411 g/mol. The first-order valence-corrected chi connectivity index (χ1v) is 9.96. The lowest BCUT2D eigenvalue weighted by molar-refractivity contribution is -0.117. The number of nitrogens with one attached hydrogen (secondary N) is 1. The molecule has 0 unspecified atom stereocenters. The predicted molar refractivity (Wildman–Crippen MR) is 119 cm³/mol. The van der Waals surface area contributed by atoms with Gasteiger partial charge in [0.15, 0.2) is 6.04 Å². The fourth-order valence-corrected chi connectivity index (χ4v) is 3.91. The first kappa shape index (κ1) is 18.9. The molecule has 0 aliphatic carbocycles. The fourth-order valence-electron chi connectivity index (χ4n) is 3.91. The molecule has 0 spiro atoms. The van der Waals surface area contributed by atoms with Gasteiger partial charge in [-0.05, 0) is 60.7 Å². The lowest BCUT2D eigenvalue weighted by Crippen LogP contribution is -2.21. The monoisotopic (exact) mass is 411 g/mol. The van der Waals surface area contributed by atoms with Crippen LogP contribution < -0.4 is 14.8 Å². The number of amides is 1. The molecule has 31 heavy (non-hydrogen) atoms. The summed E-state index contributed by atoms with van der Waals surface area (Å²) < 4.78 is 12.4. The van der Waals surface area contributed by atoms with E-state index in [1.54, 1.807) is 14.2 Å². The molecule has 1 aromatic heterocycles. The Morgan fingerprint density at radius 1 is 0.839 bits per heavy atom. The van der Waals surface area contributed by atoms with Gasteiger partial charge in [0.2, 0.25) is 0 Å². The van der Waals surface area contributed by atoms with E-state index in [1.807, 2.05) is 83.5 Å². The highest BCUT2D eigenvalue weighted by Crippen LogP contribution is 2.38. The molecule has 4 aromatic rings. The average Bonchev–Trinajstić information content (AvgIpc) is 3.39. The molecule has 6 nitrogen and oxygen atoms in total. The third-order valence-corrected chi connectivity index (χ3v) is 5.51. The smallest absolute Gasteiger partial charge is 0.253 e. The zero-order valence-electron chi connectivity index (χ0n) is 17.2. The first-order valence-electron chi connectivity index (χ1n) is 9.96. The predicted octanol–water partition coefficient (Wildman–Crippen LogP) is 4.78.